The van der Waals surface area contributed by atoms with E-state index in [1.165, 1.54) is 16.7 Å². The average Bonchev–Trinajstić information content (AvgIpc) is 2.51. The van der Waals surface area contributed by atoms with Crippen LogP contribution in [0.15, 0.2) is 10.6 Å². The average molecular weight is 214 g/mol. The van der Waals surface area contributed by atoms with Gasteiger partial charge < -0.3 is 10.8 Å². The summed E-state index contributed by atoms with van der Waals surface area (Å²) in [5, 5.41) is 8.82. The van der Waals surface area contributed by atoms with Gasteiger partial charge in [-0.3, -0.25) is 9.69 Å². The summed E-state index contributed by atoms with van der Waals surface area (Å²) in [7, 11) is 0. The topological polar surface area (TPSA) is 83.6 Å². The van der Waals surface area contributed by atoms with Crippen LogP contribution in [0.2, 0.25) is 0 Å². The lowest BCUT2D eigenvalue weighted by Gasteiger charge is -2.15. The van der Waals surface area contributed by atoms with Crippen LogP contribution in [0.1, 0.15) is 13.3 Å². The van der Waals surface area contributed by atoms with Gasteiger partial charge in [0.2, 0.25) is 5.91 Å². The number of nitrogens with two attached hydrogens (primary N) is 1. The quantitative estimate of drug-likeness (QED) is 0.638. The Balaban J connectivity index is 2.37. The fourth-order valence-corrected chi connectivity index (χ4v) is 3.11. The summed E-state index contributed by atoms with van der Waals surface area (Å²) in [4.78, 5) is 24.4. The monoisotopic (exact) mass is 214 g/mol. The molecule has 5 nitrogen and oxygen atoms in total. The Kier molecular flexibility index (Phi) is 2.04. The van der Waals surface area contributed by atoms with Crippen molar-refractivity contribution in [2.45, 2.75) is 24.8 Å². The molecule has 0 aliphatic carbocycles. The van der Waals surface area contributed by atoms with Gasteiger partial charge in [0.15, 0.2) is 0 Å². The van der Waals surface area contributed by atoms with Crippen molar-refractivity contribution in [3.63, 3.8) is 0 Å². The summed E-state index contributed by atoms with van der Waals surface area (Å²) in [6.07, 6.45) is 0.525. The molecule has 2 rings (SSSR count). The van der Waals surface area contributed by atoms with Crippen molar-refractivity contribution in [2.75, 3.05) is 0 Å². The third-order valence-electron chi connectivity index (χ3n) is 2.39. The molecule has 0 aromatic carbocycles. The first kappa shape index (κ1) is 9.54. The molecule has 76 valence electrons. The van der Waals surface area contributed by atoms with Gasteiger partial charge in [0.05, 0.1) is 11.4 Å². The first-order chi connectivity index (χ1) is 6.52. The van der Waals surface area contributed by atoms with Crippen LogP contribution in [0.5, 0.6) is 0 Å². The lowest BCUT2D eigenvalue weighted by Crippen LogP contribution is -2.35. The van der Waals surface area contributed by atoms with E-state index >= 15 is 0 Å². The van der Waals surface area contributed by atoms with Crippen LogP contribution in [0, 0.1) is 0 Å². The summed E-state index contributed by atoms with van der Waals surface area (Å²) in [6.45, 7) is 1.71. The van der Waals surface area contributed by atoms with Crippen molar-refractivity contribution < 1.29 is 14.7 Å². The van der Waals surface area contributed by atoms with E-state index in [1.54, 1.807) is 6.92 Å². The molecule has 2 aliphatic heterocycles. The predicted octanol–water partition coefficient (Wildman–Crippen LogP) is -0.0650. The molecule has 0 bridgehead atoms. The highest BCUT2D eigenvalue weighted by Crippen LogP contribution is 2.43. The zero-order valence-electron chi connectivity index (χ0n) is 7.56. The van der Waals surface area contributed by atoms with Crippen molar-refractivity contribution in [3.05, 3.63) is 10.6 Å². The molecule has 1 saturated heterocycles. The fraction of sp³-hybridized carbons (Fsp3) is 0.500. The second kappa shape index (κ2) is 2.99. The third-order valence-corrected chi connectivity index (χ3v) is 3.61. The highest BCUT2D eigenvalue weighted by molar-refractivity contribution is 8.03. The number of rotatable bonds is 1. The number of hydrogen-bond acceptors (Lipinski definition) is 4. The molecule has 2 aliphatic rings. The zero-order chi connectivity index (χ0) is 10.5. The van der Waals surface area contributed by atoms with E-state index in [4.69, 9.17) is 10.8 Å². The summed E-state index contributed by atoms with van der Waals surface area (Å²) < 4.78 is 0. The Morgan fingerprint density at radius 1 is 1.71 bits per heavy atom. The fourth-order valence-electron chi connectivity index (χ4n) is 1.78. The van der Waals surface area contributed by atoms with Crippen LogP contribution in [0.3, 0.4) is 0 Å². The van der Waals surface area contributed by atoms with Crippen LogP contribution < -0.4 is 5.73 Å². The minimum atomic E-state index is -1.06. The second-order valence-corrected chi connectivity index (χ2v) is 4.73. The number of nitrogens with zero attached hydrogens (tertiary/aromatic N) is 1. The van der Waals surface area contributed by atoms with E-state index in [2.05, 4.69) is 0 Å². The Morgan fingerprint density at radius 2 is 2.36 bits per heavy atom. The van der Waals surface area contributed by atoms with Gasteiger partial charge >= 0.3 is 5.97 Å². The molecule has 1 fully saturated rings. The molecule has 0 radical (unpaired) electrons. The van der Waals surface area contributed by atoms with Gasteiger partial charge in [-0.2, -0.15) is 0 Å². The standard InChI is InChI=1S/C8H10N2O3S/c1-3-6(8(12)13)10-5(14-3)2-4(9)7(10)11/h4-5H,2,9H2,1H3,(H,12,13). The molecule has 14 heavy (non-hydrogen) atoms. The van der Waals surface area contributed by atoms with E-state index in [9.17, 15) is 9.59 Å². The number of thioether (sulfide) groups is 1. The zero-order valence-corrected chi connectivity index (χ0v) is 8.37. The molecule has 2 heterocycles. The number of carbonyl (C=O) groups excluding carboxylic acids is 1. The Morgan fingerprint density at radius 3 is 2.93 bits per heavy atom. The third kappa shape index (κ3) is 1.14. The van der Waals surface area contributed by atoms with Crippen molar-refractivity contribution in [1.82, 2.24) is 4.90 Å². The highest BCUT2D eigenvalue weighted by Gasteiger charge is 2.46. The number of allylic oxidation sites excluding steroid dienone is 1. The maximum Gasteiger partial charge on any atom is 0.353 e. The van der Waals surface area contributed by atoms with Gasteiger partial charge in [-0.25, -0.2) is 4.79 Å². The van der Waals surface area contributed by atoms with Crippen LogP contribution in [-0.2, 0) is 9.59 Å². The predicted molar refractivity (Wildman–Crippen MR) is 51.2 cm³/mol. The van der Waals surface area contributed by atoms with Gasteiger partial charge in [-0.05, 0) is 6.92 Å². The van der Waals surface area contributed by atoms with Crippen molar-refractivity contribution >= 4 is 23.6 Å². The van der Waals surface area contributed by atoms with E-state index in [1.807, 2.05) is 0 Å². The van der Waals surface area contributed by atoms with E-state index in [-0.39, 0.29) is 17.0 Å². The largest absolute Gasteiger partial charge is 0.477 e. The number of carbonyl (C=O) groups is 2. The smallest absolute Gasteiger partial charge is 0.353 e. The van der Waals surface area contributed by atoms with E-state index in [0.29, 0.717) is 11.3 Å². The van der Waals surface area contributed by atoms with Crippen LogP contribution in [0.4, 0.5) is 0 Å². The number of carboxylic acid groups (broad SMARTS) is 1. The van der Waals surface area contributed by atoms with Gasteiger partial charge in [0.1, 0.15) is 5.70 Å². The minimum Gasteiger partial charge on any atom is -0.477 e. The van der Waals surface area contributed by atoms with Crippen LogP contribution in [0.25, 0.3) is 0 Å². The molecular weight excluding hydrogens is 204 g/mol. The molecule has 2 atom stereocenters. The first-order valence-electron chi connectivity index (χ1n) is 4.22. The van der Waals surface area contributed by atoms with E-state index in [0.717, 1.165) is 0 Å². The SMILES string of the molecule is CC1=C(C(=O)O)N2C(=O)C(N)CC2S1. The number of hydrogen-bond donors (Lipinski definition) is 2. The van der Waals surface area contributed by atoms with Crippen molar-refractivity contribution in [2.24, 2.45) is 5.73 Å². The number of amides is 1. The van der Waals surface area contributed by atoms with Crippen LogP contribution >= 0.6 is 11.8 Å². The Hall–Kier alpha value is -1.01. The maximum atomic E-state index is 11.5. The summed E-state index contributed by atoms with van der Waals surface area (Å²) in [5.74, 6) is -1.34. The van der Waals surface area contributed by atoms with Gasteiger partial charge in [-0.1, -0.05) is 0 Å². The van der Waals surface area contributed by atoms with E-state index < -0.39 is 12.0 Å². The first-order valence-corrected chi connectivity index (χ1v) is 5.10. The van der Waals surface area contributed by atoms with Gasteiger partial charge in [-0.15, -0.1) is 11.8 Å². The molecule has 1 amide bonds. The van der Waals surface area contributed by atoms with Crippen LogP contribution in [-0.4, -0.2) is 33.3 Å². The molecule has 6 heteroatoms. The summed E-state index contributed by atoms with van der Waals surface area (Å²) in [5.41, 5.74) is 5.65. The lowest BCUT2D eigenvalue weighted by molar-refractivity contribution is -0.138. The van der Waals surface area contributed by atoms with Crippen molar-refractivity contribution in [3.8, 4) is 0 Å². The maximum absolute atomic E-state index is 11.5. The number of fused-ring (bicyclic) bond motifs is 1. The van der Waals surface area contributed by atoms with Gasteiger partial charge in [0, 0.05) is 11.3 Å². The molecule has 2 unspecified atom stereocenters. The second-order valence-electron chi connectivity index (χ2n) is 3.33. The highest BCUT2D eigenvalue weighted by atomic mass is 32.2. The molecule has 0 aromatic rings. The molecular formula is C8H10N2O3S. The summed E-state index contributed by atoms with van der Waals surface area (Å²) >= 11 is 1.40. The minimum absolute atomic E-state index is 0.0953. The number of carboxylic acids is 1. The molecule has 0 saturated carbocycles. The lowest BCUT2D eigenvalue weighted by atomic mass is 10.3. The molecule has 0 aromatic heterocycles. The molecule has 0 spiro atoms. The number of aliphatic carboxylic acids is 1. The Bertz CT molecular complexity index is 352. The Labute approximate surface area is 84.9 Å². The van der Waals surface area contributed by atoms with Gasteiger partial charge in [0.25, 0.3) is 0 Å². The van der Waals surface area contributed by atoms with Crippen molar-refractivity contribution in [1.29, 1.82) is 0 Å². The molecule has 3 N–H and O–H groups in total. The normalized spacial score (nSPS) is 31.3. The summed E-state index contributed by atoms with van der Waals surface area (Å²) in [6, 6.07) is -0.546.